The number of para-hydroxylation sites is 1. The second-order valence-electron chi connectivity index (χ2n) is 6.74. The molecule has 0 saturated carbocycles. The molecule has 0 aliphatic heterocycles. The molecule has 0 fully saturated rings. The molecule has 31 heavy (non-hydrogen) atoms. The van der Waals surface area contributed by atoms with E-state index in [4.69, 9.17) is 4.74 Å². The molecule has 0 spiro atoms. The monoisotopic (exact) mass is 412 g/mol. The minimum Gasteiger partial charge on any atom is -0.545 e. The van der Waals surface area contributed by atoms with Gasteiger partial charge in [0.15, 0.2) is 11.4 Å². The minimum atomic E-state index is -1.30. The number of carboxylic acids is 1. The highest BCUT2D eigenvalue weighted by atomic mass is 16.5. The average Bonchev–Trinajstić information content (AvgIpc) is 2.80. The first-order valence-electron chi connectivity index (χ1n) is 9.55. The average molecular weight is 412 g/mol. The van der Waals surface area contributed by atoms with Crippen molar-refractivity contribution in [2.24, 2.45) is 0 Å². The van der Waals surface area contributed by atoms with Crippen molar-refractivity contribution in [3.63, 3.8) is 0 Å². The highest BCUT2D eigenvalue weighted by Gasteiger charge is 2.15. The third-order valence-electron chi connectivity index (χ3n) is 4.52. The second-order valence-corrected chi connectivity index (χ2v) is 6.74. The van der Waals surface area contributed by atoms with Crippen LogP contribution in [-0.2, 0) is 6.54 Å². The summed E-state index contributed by atoms with van der Waals surface area (Å²) in [5.41, 5.74) is 1.06. The van der Waals surface area contributed by atoms with Crippen LogP contribution in [-0.4, -0.2) is 15.7 Å². The number of hydrogen-bond donors (Lipinski definition) is 1. The lowest BCUT2D eigenvalue weighted by Gasteiger charge is -2.15. The highest BCUT2D eigenvalue weighted by molar-refractivity contribution is 5.87. The molecular weight excluding hydrogens is 394 g/mol. The lowest BCUT2D eigenvalue weighted by Crippen LogP contribution is -2.26. The SMILES string of the molecule is O=C([O-])c1cccc(Nc2c(Oc3ccccc3)cnn(Cc3ccccc3)c2=O)c1. The third kappa shape index (κ3) is 4.79. The van der Waals surface area contributed by atoms with Gasteiger partial charge in [0.2, 0.25) is 0 Å². The molecule has 0 aliphatic carbocycles. The van der Waals surface area contributed by atoms with Crippen molar-refractivity contribution in [1.82, 2.24) is 9.78 Å². The third-order valence-corrected chi connectivity index (χ3v) is 4.52. The number of hydrogen-bond acceptors (Lipinski definition) is 6. The van der Waals surface area contributed by atoms with Crippen LogP contribution in [0.15, 0.2) is 95.9 Å². The number of aromatic nitrogens is 2. The van der Waals surface area contributed by atoms with Crippen LogP contribution >= 0.6 is 0 Å². The van der Waals surface area contributed by atoms with Crippen LogP contribution in [0.4, 0.5) is 11.4 Å². The number of carbonyl (C=O) groups excluding carboxylic acids is 1. The smallest absolute Gasteiger partial charge is 0.294 e. The molecule has 154 valence electrons. The number of anilines is 2. The van der Waals surface area contributed by atoms with Crippen molar-refractivity contribution in [3.05, 3.63) is 113 Å². The fraction of sp³-hybridized carbons (Fsp3) is 0.0417. The zero-order valence-electron chi connectivity index (χ0n) is 16.4. The molecule has 4 rings (SSSR count). The maximum atomic E-state index is 13.2. The normalized spacial score (nSPS) is 10.5. The van der Waals surface area contributed by atoms with E-state index in [1.807, 2.05) is 48.5 Å². The molecule has 0 radical (unpaired) electrons. The lowest BCUT2D eigenvalue weighted by atomic mass is 10.2. The minimum absolute atomic E-state index is 0.00538. The fourth-order valence-electron chi connectivity index (χ4n) is 3.02. The first-order valence-corrected chi connectivity index (χ1v) is 9.55. The van der Waals surface area contributed by atoms with E-state index < -0.39 is 11.5 Å². The fourth-order valence-corrected chi connectivity index (χ4v) is 3.02. The Morgan fingerprint density at radius 3 is 2.39 bits per heavy atom. The van der Waals surface area contributed by atoms with E-state index in [0.29, 0.717) is 11.4 Å². The molecule has 7 heteroatoms. The van der Waals surface area contributed by atoms with Gasteiger partial charge in [-0.05, 0) is 35.4 Å². The van der Waals surface area contributed by atoms with Gasteiger partial charge in [-0.1, -0.05) is 60.7 Å². The van der Waals surface area contributed by atoms with Gasteiger partial charge in [-0.2, -0.15) is 5.10 Å². The summed E-state index contributed by atoms with van der Waals surface area (Å²) >= 11 is 0. The second kappa shape index (κ2) is 8.96. The van der Waals surface area contributed by atoms with E-state index in [1.165, 1.54) is 23.0 Å². The van der Waals surface area contributed by atoms with Gasteiger partial charge in [-0.15, -0.1) is 0 Å². The number of ether oxygens (including phenoxy) is 1. The summed E-state index contributed by atoms with van der Waals surface area (Å²) in [5, 5.41) is 18.4. The Kier molecular flexibility index (Phi) is 5.75. The predicted octanol–water partition coefficient (Wildman–Crippen LogP) is 3.19. The zero-order valence-corrected chi connectivity index (χ0v) is 16.4. The molecule has 0 bridgehead atoms. The molecule has 4 aromatic rings. The Hall–Kier alpha value is -4.39. The molecule has 0 unspecified atom stereocenters. The number of carboxylic acid groups (broad SMARTS) is 1. The molecule has 0 amide bonds. The van der Waals surface area contributed by atoms with Crippen molar-refractivity contribution in [2.75, 3.05) is 5.32 Å². The van der Waals surface area contributed by atoms with Crippen molar-refractivity contribution in [2.45, 2.75) is 6.54 Å². The molecule has 1 heterocycles. The van der Waals surface area contributed by atoms with Crippen LogP contribution in [0, 0.1) is 0 Å². The van der Waals surface area contributed by atoms with Crippen LogP contribution in [0.2, 0.25) is 0 Å². The largest absolute Gasteiger partial charge is 0.545 e. The van der Waals surface area contributed by atoms with Crippen LogP contribution in [0.5, 0.6) is 11.5 Å². The Bertz CT molecular complexity index is 1250. The van der Waals surface area contributed by atoms with Crippen LogP contribution in [0.1, 0.15) is 15.9 Å². The predicted molar refractivity (Wildman–Crippen MR) is 115 cm³/mol. The van der Waals surface area contributed by atoms with Gasteiger partial charge in [0.25, 0.3) is 5.56 Å². The van der Waals surface area contributed by atoms with Crippen molar-refractivity contribution >= 4 is 17.3 Å². The van der Waals surface area contributed by atoms with E-state index >= 15 is 0 Å². The van der Waals surface area contributed by atoms with Gasteiger partial charge in [-0.25, -0.2) is 4.68 Å². The summed E-state index contributed by atoms with van der Waals surface area (Å²) in [4.78, 5) is 24.4. The van der Waals surface area contributed by atoms with E-state index in [1.54, 1.807) is 24.3 Å². The first kappa shape index (κ1) is 19.9. The zero-order chi connectivity index (χ0) is 21.6. The number of carbonyl (C=O) groups is 1. The molecule has 1 aromatic heterocycles. The summed E-state index contributed by atoms with van der Waals surface area (Å²) in [5.74, 6) is -0.545. The maximum absolute atomic E-state index is 13.2. The Morgan fingerprint density at radius 1 is 0.968 bits per heavy atom. The van der Waals surface area contributed by atoms with E-state index in [-0.39, 0.29) is 23.5 Å². The van der Waals surface area contributed by atoms with E-state index in [2.05, 4.69) is 10.4 Å². The van der Waals surface area contributed by atoms with Crippen molar-refractivity contribution in [3.8, 4) is 11.5 Å². The molecule has 0 saturated heterocycles. The molecular formula is C24H18N3O4-. The summed E-state index contributed by atoms with van der Waals surface area (Å²) in [6, 6.07) is 24.5. The van der Waals surface area contributed by atoms with Crippen LogP contribution in [0.3, 0.4) is 0 Å². The Labute approximate surface area is 178 Å². The molecule has 3 aromatic carbocycles. The van der Waals surface area contributed by atoms with Gasteiger partial charge in [-0.3, -0.25) is 4.79 Å². The first-order chi connectivity index (χ1) is 15.1. The van der Waals surface area contributed by atoms with Crippen LogP contribution in [0.25, 0.3) is 0 Å². The summed E-state index contributed by atoms with van der Waals surface area (Å²) < 4.78 is 7.20. The lowest BCUT2D eigenvalue weighted by molar-refractivity contribution is -0.255. The molecule has 7 nitrogen and oxygen atoms in total. The Morgan fingerprint density at radius 2 is 1.68 bits per heavy atom. The van der Waals surface area contributed by atoms with Gasteiger partial charge in [0.1, 0.15) is 5.75 Å². The molecule has 0 atom stereocenters. The maximum Gasteiger partial charge on any atom is 0.294 e. The highest BCUT2D eigenvalue weighted by Crippen LogP contribution is 2.28. The van der Waals surface area contributed by atoms with E-state index in [0.717, 1.165) is 5.56 Å². The number of benzene rings is 3. The van der Waals surface area contributed by atoms with Crippen molar-refractivity contribution in [1.29, 1.82) is 0 Å². The summed E-state index contributed by atoms with van der Waals surface area (Å²) in [6.45, 7) is 0.277. The van der Waals surface area contributed by atoms with Crippen LogP contribution < -0.4 is 20.7 Å². The summed E-state index contributed by atoms with van der Waals surface area (Å²) in [7, 11) is 0. The number of nitrogens with zero attached hydrogens (tertiary/aromatic N) is 2. The van der Waals surface area contributed by atoms with Gasteiger partial charge >= 0.3 is 0 Å². The van der Waals surface area contributed by atoms with Crippen molar-refractivity contribution < 1.29 is 14.6 Å². The Balaban J connectivity index is 1.74. The molecule has 1 N–H and O–H groups in total. The number of rotatable bonds is 7. The summed E-state index contributed by atoms with van der Waals surface area (Å²) in [6.07, 6.45) is 1.46. The van der Waals surface area contributed by atoms with Gasteiger partial charge in [0, 0.05) is 5.69 Å². The molecule has 0 aliphatic rings. The standard InChI is InChI=1S/C24H19N3O4/c28-23-22(26-19-11-7-10-18(14-19)24(29)30)21(31-20-12-5-2-6-13-20)15-25-27(23)16-17-8-3-1-4-9-17/h1-15,26H,16H2,(H,29,30)/p-1. The number of aromatic carboxylic acids is 1. The quantitative estimate of drug-likeness (QED) is 0.501. The van der Waals surface area contributed by atoms with Gasteiger partial charge in [0.05, 0.1) is 18.7 Å². The van der Waals surface area contributed by atoms with E-state index in [9.17, 15) is 14.7 Å². The van der Waals surface area contributed by atoms with Gasteiger partial charge < -0.3 is 20.0 Å². The number of nitrogens with one attached hydrogen (secondary N) is 1. The topological polar surface area (TPSA) is 96.3 Å².